The third-order valence-corrected chi connectivity index (χ3v) is 1.99. The van der Waals surface area contributed by atoms with E-state index in [-0.39, 0.29) is 0 Å². The van der Waals surface area contributed by atoms with Crippen molar-refractivity contribution in [3.63, 3.8) is 0 Å². The largest absolute Gasteiger partial charge is 0.255 e. The Kier molecular flexibility index (Phi) is 0.956. The highest BCUT2D eigenvalue weighted by Gasteiger charge is 1.97. The van der Waals surface area contributed by atoms with Gasteiger partial charge in [0.05, 0.1) is 5.36 Å². The van der Waals surface area contributed by atoms with E-state index in [0.29, 0.717) is 0 Å². The summed E-state index contributed by atoms with van der Waals surface area (Å²) in [7, 11) is 0. The minimum absolute atomic E-state index is 1.14. The first kappa shape index (κ1) is 5.66. The van der Waals surface area contributed by atoms with Crippen molar-refractivity contribution in [2.75, 3.05) is 0 Å². The average Bonchev–Trinajstić information content (AvgIpc) is 1.89. The number of benzene rings is 1. The Morgan fingerprint density at radius 1 is 1.10 bits per heavy atom. The van der Waals surface area contributed by atoms with Gasteiger partial charge < -0.3 is 0 Å². The van der Waals surface area contributed by atoms with Crippen LogP contribution in [0.1, 0.15) is 11.1 Å². The Hall–Kier alpha value is -1.11. The van der Waals surface area contributed by atoms with E-state index in [9.17, 15) is 0 Å². The molecule has 1 aromatic carbocycles. The molecule has 0 unspecified atom stereocenters. The standard InChI is InChI=1S/C9H9N/c1-6-3-8-5-10-9(8)4-7(6)2/h3-5H,1-2H3. The molecule has 0 radical (unpaired) electrons. The highest BCUT2D eigenvalue weighted by Crippen LogP contribution is 1.99. The topological polar surface area (TPSA) is 12.4 Å². The zero-order valence-electron chi connectivity index (χ0n) is 6.18. The lowest BCUT2D eigenvalue weighted by atomic mass is 10.1. The third kappa shape index (κ3) is 0.604. The second-order valence-corrected chi connectivity index (χ2v) is 2.75. The molecule has 0 N–H and O–H groups in total. The summed E-state index contributed by atoms with van der Waals surface area (Å²) in [5, 5.41) is 2.42. The van der Waals surface area contributed by atoms with E-state index in [1.54, 1.807) is 0 Å². The summed E-state index contributed by atoms with van der Waals surface area (Å²) in [6.45, 7) is 4.24. The van der Waals surface area contributed by atoms with Crippen LogP contribution in [0.5, 0.6) is 0 Å². The van der Waals surface area contributed by atoms with Crippen molar-refractivity contribution in [3.05, 3.63) is 33.8 Å². The molecular formula is C9H9N. The smallest absolute Gasteiger partial charge is 0.0720 e. The van der Waals surface area contributed by atoms with Gasteiger partial charge in [-0.1, -0.05) is 0 Å². The summed E-state index contributed by atoms with van der Waals surface area (Å²) in [5.74, 6) is 0. The summed E-state index contributed by atoms with van der Waals surface area (Å²) >= 11 is 0. The highest BCUT2D eigenvalue weighted by molar-refractivity contribution is 5.36. The molecule has 2 rings (SSSR count). The molecule has 1 aliphatic heterocycles. The van der Waals surface area contributed by atoms with Gasteiger partial charge in [-0.2, -0.15) is 0 Å². The van der Waals surface area contributed by atoms with Gasteiger partial charge >= 0.3 is 0 Å². The molecule has 0 bridgehead atoms. The van der Waals surface area contributed by atoms with Crippen LogP contribution in [0.3, 0.4) is 0 Å². The lowest BCUT2D eigenvalue weighted by Gasteiger charge is -2.02. The highest BCUT2D eigenvalue weighted by atomic mass is 14.7. The summed E-state index contributed by atoms with van der Waals surface area (Å²) in [6, 6.07) is 4.31. The quantitative estimate of drug-likeness (QED) is 0.491. The van der Waals surface area contributed by atoms with E-state index < -0.39 is 0 Å². The molecule has 50 valence electrons. The Morgan fingerprint density at radius 3 is 2.30 bits per heavy atom. The monoisotopic (exact) mass is 131 g/mol. The van der Waals surface area contributed by atoms with Gasteiger partial charge in [0.1, 0.15) is 0 Å². The van der Waals surface area contributed by atoms with E-state index >= 15 is 0 Å². The normalized spacial score (nSPS) is 12.6. The molecule has 1 heterocycles. The van der Waals surface area contributed by atoms with E-state index in [4.69, 9.17) is 0 Å². The van der Waals surface area contributed by atoms with E-state index in [1.807, 2.05) is 6.20 Å². The van der Waals surface area contributed by atoms with Gasteiger partial charge in [0.25, 0.3) is 0 Å². The van der Waals surface area contributed by atoms with Crippen LogP contribution in [-0.4, -0.2) is 0 Å². The fourth-order valence-corrected chi connectivity index (χ4v) is 1.11. The Bertz CT molecular complexity index is 349. The van der Waals surface area contributed by atoms with Crippen molar-refractivity contribution in [2.24, 2.45) is 4.99 Å². The number of fused-ring (bicyclic) bond motifs is 1. The molecule has 0 saturated carbocycles. The summed E-state index contributed by atoms with van der Waals surface area (Å²) in [6.07, 6.45) is 1.90. The molecule has 0 atom stereocenters. The second kappa shape index (κ2) is 1.69. The maximum atomic E-state index is 4.11. The molecule has 0 aliphatic carbocycles. The third-order valence-electron chi connectivity index (χ3n) is 1.99. The van der Waals surface area contributed by atoms with Crippen molar-refractivity contribution in [1.29, 1.82) is 0 Å². The van der Waals surface area contributed by atoms with Crippen LogP contribution in [0.2, 0.25) is 0 Å². The number of rotatable bonds is 0. The summed E-state index contributed by atoms with van der Waals surface area (Å²) in [5.41, 5.74) is 2.68. The number of hydrogen-bond donors (Lipinski definition) is 0. The molecular weight excluding hydrogens is 122 g/mol. The molecule has 1 heteroatoms. The van der Waals surface area contributed by atoms with Crippen molar-refractivity contribution in [3.8, 4) is 0 Å². The van der Waals surface area contributed by atoms with Gasteiger partial charge in [0.15, 0.2) is 0 Å². The van der Waals surface area contributed by atoms with Gasteiger partial charge in [-0.15, -0.1) is 0 Å². The maximum Gasteiger partial charge on any atom is 0.0720 e. The van der Waals surface area contributed by atoms with Crippen LogP contribution in [0.4, 0.5) is 0 Å². The minimum atomic E-state index is 1.14. The minimum Gasteiger partial charge on any atom is -0.255 e. The molecule has 1 nitrogen and oxygen atoms in total. The first-order chi connectivity index (χ1) is 4.77. The predicted molar refractivity (Wildman–Crippen MR) is 41.2 cm³/mol. The van der Waals surface area contributed by atoms with Crippen LogP contribution < -0.4 is 10.6 Å². The Labute approximate surface area is 59.7 Å². The number of aryl methyl sites for hydroxylation is 2. The summed E-state index contributed by atoms with van der Waals surface area (Å²) in [4.78, 5) is 4.11. The lowest BCUT2D eigenvalue weighted by molar-refractivity contribution is 1.20. The van der Waals surface area contributed by atoms with Gasteiger partial charge in [-0.05, 0) is 37.1 Å². The molecule has 0 spiro atoms. The van der Waals surface area contributed by atoms with E-state index in [0.717, 1.165) is 5.36 Å². The maximum absolute atomic E-state index is 4.11. The Morgan fingerprint density at radius 2 is 1.80 bits per heavy atom. The van der Waals surface area contributed by atoms with Gasteiger partial charge in [0, 0.05) is 11.4 Å². The second-order valence-electron chi connectivity index (χ2n) is 2.75. The molecule has 1 aromatic rings. The first-order valence-electron chi connectivity index (χ1n) is 3.43. The van der Waals surface area contributed by atoms with Gasteiger partial charge in [-0.25, -0.2) is 0 Å². The lowest BCUT2D eigenvalue weighted by Crippen LogP contribution is -2.31. The van der Waals surface area contributed by atoms with Gasteiger partial charge in [-0.3, -0.25) is 4.99 Å². The number of hydrogen-bond acceptors (Lipinski definition) is 1. The molecule has 0 aromatic heterocycles. The first-order valence-corrected chi connectivity index (χ1v) is 3.43. The molecule has 1 aliphatic rings. The average molecular weight is 131 g/mol. The molecule has 10 heavy (non-hydrogen) atoms. The van der Waals surface area contributed by atoms with E-state index in [1.165, 1.54) is 16.3 Å². The van der Waals surface area contributed by atoms with Crippen LogP contribution in [0.25, 0.3) is 6.20 Å². The van der Waals surface area contributed by atoms with Crippen LogP contribution in [-0.2, 0) is 0 Å². The fraction of sp³-hybridized carbons (Fsp3) is 0.222. The van der Waals surface area contributed by atoms with E-state index in [2.05, 4.69) is 31.0 Å². The van der Waals surface area contributed by atoms with Gasteiger partial charge in [0.2, 0.25) is 0 Å². The van der Waals surface area contributed by atoms with Crippen molar-refractivity contribution >= 4 is 6.20 Å². The fourth-order valence-electron chi connectivity index (χ4n) is 1.11. The molecule has 0 saturated heterocycles. The SMILES string of the molecule is Cc1cc2c(cc1C)=NC=2. The van der Waals surface area contributed by atoms with Crippen molar-refractivity contribution in [2.45, 2.75) is 13.8 Å². The van der Waals surface area contributed by atoms with Crippen LogP contribution in [0, 0.1) is 13.8 Å². The van der Waals surface area contributed by atoms with Crippen LogP contribution in [0.15, 0.2) is 17.1 Å². The van der Waals surface area contributed by atoms with Crippen molar-refractivity contribution in [1.82, 2.24) is 0 Å². The Balaban J connectivity index is 2.86. The zero-order chi connectivity index (χ0) is 7.14. The summed E-state index contributed by atoms with van der Waals surface area (Å²) < 4.78 is 0. The molecule has 0 fully saturated rings. The molecule has 0 amide bonds. The predicted octanol–water partition coefficient (Wildman–Crippen LogP) is 0.675. The zero-order valence-corrected chi connectivity index (χ0v) is 6.18. The van der Waals surface area contributed by atoms with Crippen LogP contribution >= 0.6 is 0 Å². The number of nitrogens with zero attached hydrogens (tertiary/aromatic N) is 1. The van der Waals surface area contributed by atoms with Crippen molar-refractivity contribution < 1.29 is 0 Å².